The summed E-state index contributed by atoms with van der Waals surface area (Å²) < 4.78 is 0. The summed E-state index contributed by atoms with van der Waals surface area (Å²) in [6, 6.07) is 0. The van der Waals surface area contributed by atoms with E-state index in [2.05, 4.69) is 0 Å². The van der Waals surface area contributed by atoms with Crippen molar-refractivity contribution in [2.75, 3.05) is 0 Å². The molecule has 0 saturated heterocycles. The van der Waals surface area contributed by atoms with Crippen LogP contribution in [0.5, 0.6) is 0 Å². The minimum absolute atomic E-state index is 0.0359. The van der Waals surface area contributed by atoms with Crippen LogP contribution < -0.4 is 0 Å². The van der Waals surface area contributed by atoms with Crippen molar-refractivity contribution < 1.29 is 5.11 Å². The highest BCUT2D eigenvalue weighted by molar-refractivity contribution is 4.61. The van der Waals surface area contributed by atoms with E-state index < -0.39 is 0 Å². The maximum absolute atomic E-state index is 8.91. The third-order valence-corrected chi connectivity index (χ3v) is 1.57. The van der Waals surface area contributed by atoms with Gasteiger partial charge in [0, 0.05) is 0 Å². The molecule has 0 amide bonds. The Morgan fingerprint density at radius 2 is 1.44 bits per heavy atom. The van der Waals surface area contributed by atoms with Crippen LogP contribution in [0.2, 0.25) is 0 Å². The highest BCUT2D eigenvalue weighted by Gasteiger charge is 2.07. The van der Waals surface area contributed by atoms with Crippen LogP contribution >= 0.6 is 0 Å². The zero-order valence-corrected chi connectivity index (χ0v) is 6.56. The summed E-state index contributed by atoms with van der Waals surface area (Å²) in [6.07, 6.45) is 5.92. The lowest BCUT2D eigenvalue weighted by Crippen LogP contribution is -2.09. The Balaban J connectivity index is 0.000000291. The molecule has 0 unspecified atom stereocenters. The molecule has 1 N–H and O–H groups in total. The van der Waals surface area contributed by atoms with Crippen LogP contribution in [0, 0.1) is 0 Å². The van der Waals surface area contributed by atoms with Crippen LogP contribution in [0.15, 0.2) is 0 Å². The second-order valence-electron chi connectivity index (χ2n) is 2.29. The molecule has 0 bridgehead atoms. The number of hydrogen-bond acceptors (Lipinski definition) is 1. The van der Waals surface area contributed by atoms with Crippen molar-refractivity contribution in [3.63, 3.8) is 0 Å². The van der Waals surface area contributed by atoms with Crippen LogP contribution in [0.25, 0.3) is 0 Å². The van der Waals surface area contributed by atoms with E-state index in [1.54, 1.807) is 0 Å². The minimum Gasteiger partial charge on any atom is -0.393 e. The van der Waals surface area contributed by atoms with Crippen molar-refractivity contribution in [2.45, 2.75) is 52.1 Å². The van der Waals surface area contributed by atoms with Gasteiger partial charge in [-0.05, 0) is 12.8 Å². The molecule has 0 heterocycles. The van der Waals surface area contributed by atoms with Crippen molar-refractivity contribution in [3.8, 4) is 0 Å². The zero-order chi connectivity index (χ0) is 7.11. The van der Waals surface area contributed by atoms with Gasteiger partial charge in [0.05, 0.1) is 6.10 Å². The first-order valence-corrected chi connectivity index (χ1v) is 4.07. The topological polar surface area (TPSA) is 20.2 Å². The summed E-state index contributed by atoms with van der Waals surface area (Å²) in [7, 11) is 0. The van der Waals surface area contributed by atoms with E-state index in [1.807, 2.05) is 13.8 Å². The molecule has 0 aromatic carbocycles. The molecule has 0 atom stereocenters. The van der Waals surface area contributed by atoms with Gasteiger partial charge in [-0.25, -0.2) is 0 Å². The monoisotopic (exact) mass is 130 g/mol. The van der Waals surface area contributed by atoms with Gasteiger partial charge in [0.1, 0.15) is 0 Å². The molecule has 0 aromatic rings. The molecular weight excluding hydrogens is 112 g/mol. The lowest BCUT2D eigenvalue weighted by molar-refractivity contribution is 0.130. The van der Waals surface area contributed by atoms with Crippen LogP contribution in [-0.4, -0.2) is 11.2 Å². The molecule has 0 aromatic heterocycles. The van der Waals surface area contributed by atoms with Gasteiger partial charge in [0.25, 0.3) is 0 Å². The fourth-order valence-corrected chi connectivity index (χ4v) is 1.08. The average Bonchev–Trinajstić information content (AvgIpc) is 1.94. The van der Waals surface area contributed by atoms with Gasteiger partial charge in [0.15, 0.2) is 0 Å². The summed E-state index contributed by atoms with van der Waals surface area (Å²) in [5, 5.41) is 8.91. The van der Waals surface area contributed by atoms with E-state index >= 15 is 0 Å². The van der Waals surface area contributed by atoms with Gasteiger partial charge in [0.2, 0.25) is 0 Å². The van der Waals surface area contributed by atoms with E-state index in [-0.39, 0.29) is 6.10 Å². The first-order chi connectivity index (χ1) is 4.39. The van der Waals surface area contributed by atoms with E-state index in [9.17, 15) is 0 Å². The standard InChI is InChI=1S/C6H12O.C2H6/c7-6-4-2-1-3-5-6;1-2/h6-7H,1-5H2;1-2H3. The number of aliphatic hydroxyl groups excluding tert-OH is 1. The van der Waals surface area contributed by atoms with Gasteiger partial charge in [-0.15, -0.1) is 0 Å². The first kappa shape index (κ1) is 8.96. The smallest absolute Gasteiger partial charge is 0.0540 e. The summed E-state index contributed by atoms with van der Waals surface area (Å²) in [5.74, 6) is 0. The van der Waals surface area contributed by atoms with Gasteiger partial charge in [-0.3, -0.25) is 0 Å². The lowest BCUT2D eigenvalue weighted by atomic mass is 9.98. The van der Waals surface area contributed by atoms with Gasteiger partial charge in [-0.2, -0.15) is 0 Å². The van der Waals surface area contributed by atoms with E-state index in [4.69, 9.17) is 5.11 Å². The molecule has 0 aliphatic heterocycles. The first-order valence-electron chi connectivity index (χ1n) is 4.07. The van der Waals surface area contributed by atoms with Crippen molar-refractivity contribution in [1.29, 1.82) is 0 Å². The number of aliphatic hydroxyl groups is 1. The molecule has 56 valence electrons. The van der Waals surface area contributed by atoms with E-state index in [0.717, 1.165) is 12.8 Å². The van der Waals surface area contributed by atoms with Crippen LogP contribution in [0.4, 0.5) is 0 Å². The van der Waals surface area contributed by atoms with Gasteiger partial charge >= 0.3 is 0 Å². The summed E-state index contributed by atoms with van der Waals surface area (Å²) in [4.78, 5) is 0. The number of rotatable bonds is 0. The van der Waals surface area contributed by atoms with Crippen LogP contribution in [0.1, 0.15) is 46.0 Å². The Bertz CT molecular complexity index is 46.5. The Kier molecular flexibility index (Phi) is 6.06. The fourth-order valence-electron chi connectivity index (χ4n) is 1.08. The molecule has 0 radical (unpaired) electrons. The van der Waals surface area contributed by atoms with E-state index in [1.165, 1.54) is 19.3 Å². The Morgan fingerprint density at radius 3 is 1.67 bits per heavy atom. The quantitative estimate of drug-likeness (QED) is 0.533. The second-order valence-corrected chi connectivity index (χ2v) is 2.29. The van der Waals surface area contributed by atoms with Crippen molar-refractivity contribution in [2.24, 2.45) is 0 Å². The van der Waals surface area contributed by atoms with Gasteiger partial charge < -0.3 is 5.11 Å². The fraction of sp³-hybridized carbons (Fsp3) is 1.00. The number of hydrogen-bond donors (Lipinski definition) is 1. The molecule has 1 rings (SSSR count). The summed E-state index contributed by atoms with van der Waals surface area (Å²) in [6.45, 7) is 4.00. The molecule has 0 spiro atoms. The zero-order valence-electron chi connectivity index (χ0n) is 6.56. The van der Waals surface area contributed by atoms with Crippen LogP contribution in [-0.2, 0) is 0 Å². The predicted molar refractivity (Wildman–Crippen MR) is 40.4 cm³/mol. The maximum atomic E-state index is 8.91. The van der Waals surface area contributed by atoms with Gasteiger partial charge in [-0.1, -0.05) is 33.1 Å². The third kappa shape index (κ3) is 4.46. The summed E-state index contributed by atoms with van der Waals surface area (Å²) >= 11 is 0. The molecule has 1 fully saturated rings. The highest BCUT2D eigenvalue weighted by Crippen LogP contribution is 2.16. The second kappa shape index (κ2) is 6.09. The van der Waals surface area contributed by atoms with Crippen LogP contribution in [0.3, 0.4) is 0 Å². The highest BCUT2D eigenvalue weighted by atomic mass is 16.3. The lowest BCUT2D eigenvalue weighted by Gasteiger charge is -2.14. The molecule has 9 heavy (non-hydrogen) atoms. The molecule has 1 nitrogen and oxygen atoms in total. The van der Waals surface area contributed by atoms with Crippen molar-refractivity contribution >= 4 is 0 Å². The van der Waals surface area contributed by atoms with E-state index in [0.29, 0.717) is 0 Å². The molecular formula is C8H18O. The third-order valence-electron chi connectivity index (χ3n) is 1.57. The predicted octanol–water partition coefficient (Wildman–Crippen LogP) is 2.34. The average molecular weight is 130 g/mol. The normalized spacial score (nSPS) is 20.3. The Labute approximate surface area is 58.1 Å². The molecule has 1 heteroatoms. The molecule has 1 saturated carbocycles. The molecule has 1 aliphatic rings. The SMILES string of the molecule is CC.OC1CCCCC1. The Hall–Kier alpha value is -0.0400. The van der Waals surface area contributed by atoms with Crippen molar-refractivity contribution in [3.05, 3.63) is 0 Å². The minimum atomic E-state index is 0.0359. The maximum Gasteiger partial charge on any atom is 0.0540 e. The summed E-state index contributed by atoms with van der Waals surface area (Å²) in [5.41, 5.74) is 0. The largest absolute Gasteiger partial charge is 0.393 e. The van der Waals surface area contributed by atoms with Crippen molar-refractivity contribution in [1.82, 2.24) is 0 Å². The Morgan fingerprint density at radius 1 is 1.00 bits per heavy atom. The molecule has 1 aliphatic carbocycles.